The number of anilines is 1. The van der Waals surface area contributed by atoms with Gasteiger partial charge in [0.15, 0.2) is 0 Å². The van der Waals surface area contributed by atoms with Gasteiger partial charge < -0.3 is 9.80 Å². The van der Waals surface area contributed by atoms with Crippen molar-refractivity contribution in [1.29, 1.82) is 0 Å². The van der Waals surface area contributed by atoms with Crippen LogP contribution in [0.25, 0.3) is 0 Å². The lowest BCUT2D eigenvalue weighted by atomic mass is 9.93. The summed E-state index contributed by atoms with van der Waals surface area (Å²) in [6.07, 6.45) is 2.47. The van der Waals surface area contributed by atoms with Gasteiger partial charge in [-0.05, 0) is 52.0 Å². The Morgan fingerprint density at radius 2 is 1.88 bits per heavy atom. The number of nitrogens with zero attached hydrogens (tertiary/aromatic N) is 3. The highest BCUT2D eigenvalue weighted by Gasteiger charge is 2.20. The van der Waals surface area contributed by atoms with Crippen LogP contribution in [-0.2, 0) is 0 Å². The van der Waals surface area contributed by atoms with Gasteiger partial charge in [0.2, 0.25) is 0 Å². The first-order chi connectivity index (χ1) is 8.06. The Kier molecular flexibility index (Phi) is 3.67. The van der Waals surface area contributed by atoms with Gasteiger partial charge in [0.1, 0.15) is 0 Å². The SMILES string of the molecule is Cc1cc(N(C)C)cc(C2CCN(C)CC2)n1. The van der Waals surface area contributed by atoms with Gasteiger partial charge in [-0.2, -0.15) is 0 Å². The third-order valence-electron chi connectivity index (χ3n) is 3.61. The smallest absolute Gasteiger partial charge is 0.0459 e. The molecule has 2 rings (SSSR count). The molecule has 2 heterocycles. The van der Waals surface area contributed by atoms with Gasteiger partial charge in [-0.25, -0.2) is 0 Å². The Bertz CT molecular complexity index is 379. The maximum absolute atomic E-state index is 4.72. The zero-order valence-electron chi connectivity index (χ0n) is 11.4. The minimum absolute atomic E-state index is 0.643. The van der Waals surface area contributed by atoms with Crippen LogP contribution < -0.4 is 4.90 Å². The second-order valence-electron chi connectivity index (χ2n) is 5.36. The molecule has 1 saturated heterocycles. The lowest BCUT2D eigenvalue weighted by molar-refractivity contribution is 0.253. The van der Waals surface area contributed by atoms with Gasteiger partial charge in [-0.15, -0.1) is 0 Å². The molecule has 0 bridgehead atoms. The molecule has 0 aromatic carbocycles. The molecule has 1 aromatic heterocycles. The molecule has 1 fully saturated rings. The first kappa shape index (κ1) is 12.4. The van der Waals surface area contributed by atoms with E-state index in [-0.39, 0.29) is 0 Å². The summed E-state index contributed by atoms with van der Waals surface area (Å²) in [4.78, 5) is 9.28. The summed E-state index contributed by atoms with van der Waals surface area (Å²) >= 11 is 0. The Morgan fingerprint density at radius 3 is 2.47 bits per heavy atom. The van der Waals surface area contributed by atoms with Crippen LogP contribution in [0.2, 0.25) is 0 Å². The van der Waals surface area contributed by atoms with E-state index >= 15 is 0 Å². The Labute approximate surface area is 104 Å². The lowest BCUT2D eigenvalue weighted by Gasteiger charge is -2.29. The molecule has 1 aliphatic heterocycles. The summed E-state index contributed by atoms with van der Waals surface area (Å²) in [5.74, 6) is 0.643. The average Bonchev–Trinajstić information content (AvgIpc) is 2.29. The van der Waals surface area contributed by atoms with Crippen molar-refractivity contribution < 1.29 is 0 Å². The molecule has 0 amide bonds. The molecule has 3 heteroatoms. The fourth-order valence-electron chi connectivity index (χ4n) is 2.45. The number of hydrogen-bond acceptors (Lipinski definition) is 3. The maximum Gasteiger partial charge on any atom is 0.0459 e. The molecule has 94 valence electrons. The van der Waals surface area contributed by atoms with Crippen molar-refractivity contribution in [2.75, 3.05) is 39.1 Å². The monoisotopic (exact) mass is 233 g/mol. The molecule has 1 aliphatic rings. The molecule has 0 unspecified atom stereocenters. The van der Waals surface area contributed by atoms with Gasteiger partial charge in [0.25, 0.3) is 0 Å². The molecule has 0 spiro atoms. The van der Waals surface area contributed by atoms with Gasteiger partial charge >= 0.3 is 0 Å². The molecular formula is C14H23N3. The Morgan fingerprint density at radius 1 is 1.24 bits per heavy atom. The number of hydrogen-bond donors (Lipinski definition) is 0. The number of aromatic nitrogens is 1. The van der Waals surface area contributed by atoms with Crippen molar-refractivity contribution in [3.63, 3.8) is 0 Å². The fraction of sp³-hybridized carbons (Fsp3) is 0.643. The third-order valence-corrected chi connectivity index (χ3v) is 3.61. The van der Waals surface area contributed by atoms with Crippen molar-refractivity contribution in [1.82, 2.24) is 9.88 Å². The van der Waals surface area contributed by atoms with E-state index in [9.17, 15) is 0 Å². The van der Waals surface area contributed by atoms with Crippen LogP contribution in [0.4, 0.5) is 5.69 Å². The second kappa shape index (κ2) is 5.05. The molecule has 17 heavy (non-hydrogen) atoms. The summed E-state index contributed by atoms with van der Waals surface area (Å²) < 4.78 is 0. The molecule has 0 atom stereocenters. The number of pyridine rings is 1. The van der Waals surface area contributed by atoms with Crippen LogP contribution in [0, 0.1) is 6.92 Å². The minimum atomic E-state index is 0.643. The largest absolute Gasteiger partial charge is 0.378 e. The summed E-state index contributed by atoms with van der Waals surface area (Å²) in [5.41, 5.74) is 3.68. The lowest BCUT2D eigenvalue weighted by Crippen LogP contribution is -2.29. The number of aryl methyl sites for hydroxylation is 1. The van der Waals surface area contributed by atoms with E-state index in [0.717, 1.165) is 5.69 Å². The molecule has 0 saturated carbocycles. The summed E-state index contributed by atoms with van der Waals surface area (Å²) in [6.45, 7) is 4.47. The number of piperidine rings is 1. The number of rotatable bonds is 2. The van der Waals surface area contributed by atoms with Crippen molar-refractivity contribution >= 4 is 5.69 Å². The molecule has 0 aliphatic carbocycles. The molecule has 0 radical (unpaired) electrons. The second-order valence-corrected chi connectivity index (χ2v) is 5.36. The van der Waals surface area contributed by atoms with Crippen LogP contribution in [-0.4, -0.2) is 44.1 Å². The van der Waals surface area contributed by atoms with Crippen molar-refractivity contribution in [3.8, 4) is 0 Å². The zero-order valence-corrected chi connectivity index (χ0v) is 11.4. The molecular weight excluding hydrogens is 210 g/mol. The quantitative estimate of drug-likeness (QED) is 0.781. The average molecular weight is 233 g/mol. The van der Waals surface area contributed by atoms with Crippen molar-refractivity contribution in [2.24, 2.45) is 0 Å². The predicted octanol–water partition coefficient (Wildman–Crippen LogP) is 2.27. The maximum atomic E-state index is 4.72. The first-order valence-electron chi connectivity index (χ1n) is 6.40. The molecule has 3 nitrogen and oxygen atoms in total. The van der Waals surface area contributed by atoms with E-state index in [2.05, 4.69) is 50.0 Å². The van der Waals surface area contributed by atoms with Crippen LogP contribution in [0.3, 0.4) is 0 Å². The van der Waals surface area contributed by atoms with Crippen molar-refractivity contribution in [2.45, 2.75) is 25.7 Å². The standard InChI is InChI=1S/C14H23N3/c1-11-9-13(16(2)3)10-14(15-11)12-5-7-17(4)8-6-12/h9-10,12H,5-8H2,1-4H3. The number of likely N-dealkylation sites (tertiary alicyclic amines) is 1. The van der Waals surface area contributed by atoms with Gasteiger partial charge in [0.05, 0.1) is 0 Å². The normalized spacial score (nSPS) is 18.4. The van der Waals surface area contributed by atoms with E-state index in [0.29, 0.717) is 5.92 Å². The molecule has 1 aromatic rings. The highest BCUT2D eigenvalue weighted by Crippen LogP contribution is 2.28. The van der Waals surface area contributed by atoms with Crippen LogP contribution in [0.5, 0.6) is 0 Å². The Hall–Kier alpha value is -1.09. The van der Waals surface area contributed by atoms with E-state index in [1.807, 2.05) is 0 Å². The van der Waals surface area contributed by atoms with E-state index in [4.69, 9.17) is 4.98 Å². The van der Waals surface area contributed by atoms with E-state index in [1.54, 1.807) is 0 Å². The van der Waals surface area contributed by atoms with Gasteiger partial charge in [-0.1, -0.05) is 0 Å². The van der Waals surface area contributed by atoms with E-state index < -0.39 is 0 Å². The van der Waals surface area contributed by atoms with Gasteiger partial charge in [-0.3, -0.25) is 4.98 Å². The fourth-order valence-corrected chi connectivity index (χ4v) is 2.45. The highest BCUT2D eigenvalue weighted by molar-refractivity contribution is 5.47. The zero-order chi connectivity index (χ0) is 12.4. The van der Waals surface area contributed by atoms with Crippen LogP contribution in [0.15, 0.2) is 12.1 Å². The Balaban J connectivity index is 2.20. The predicted molar refractivity (Wildman–Crippen MR) is 72.8 cm³/mol. The van der Waals surface area contributed by atoms with Gasteiger partial charge in [0, 0.05) is 37.1 Å². The van der Waals surface area contributed by atoms with Crippen molar-refractivity contribution in [3.05, 3.63) is 23.5 Å². The summed E-state index contributed by atoms with van der Waals surface area (Å²) in [5, 5.41) is 0. The summed E-state index contributed by atoms with van der Waals surface area (Å²) in [7, 11) is 6.38. The third kappa shape index (κ3) is 2.97. The molecule has 0 N–H and O–H groups in total. The van der Waals surface area contributed by atoms with Crippen LogP contribution in [0.1, 0.15) is 30.1 Å². The topological polar surface area (TPSA) is 19.4 Å². The first-order valence-corrected chi connectivity index (χ1v) is 6.40. The minimum Gasteiger partial charge on any atom is -0.378 e. The van der Waals surface area contributed by atoms with Crippen LogP contribution >= 0.6 is 0 Å². The highest BCUT2D eigenvalue weighted by atomic mass is 15.1. The summed E-state index contributed by atoms with van der Waals surface area (Å²) in [6, 6.07) is 4.40. The van der Waals surface area contributed by atoms with E-state index in [1.165, 1.54) is 37.3 Å².